The van der Waals surface area contributed by atoms with Crippen LogP contribution in [-0.2, 0) is 13.1 Å². The molecule has 5 nitrogen and oxygen atoms in total. The molecule has 1 unspecified atom stereocenters. The smallest absolute Gasteiger partial charge is 0.191 e. The van der Waals surface area contributed by atoms with Gasteiger partial charge in [-0.3, -0.25) is 4.99 Å². The molecular weight excluding hydrogens is 449 g/mol. The monoisotopic (exact) mass is 475 g/mol. The fourth-order valence-corrected chi connectivity index (χ4v) is 2.84. The lowest BCUT2D eigenvalue weighted by molar-refractivity contribution is 0.685. The maximum absolute atomic E-state index is 4.33. The number of aliphatic imine (C=N–C) groups is 1. The van der Waals surface area contributed by atoms with E-state index in [-0.39, 0.29) is 30.0 Å². The topological polar surface area (TPSA) is 54.2 Å². The van der Waals surface area contributed by atoms with Gasteiger partial charge in [0.05, 0.1) is 12.4 Å². The van der Waals surface area contributed by atoms with Gasteiger partial charge in [0.15, 0.2) is 5.96 Å². The van der Waals surface area contributed by atoms with Crippen molar-refractivity contribution in [2.45, 2.75) is 26.1 Å². The minimum Gasteiger partial charge on any atom is -0.352 e. The van der Waals surface area contributed by atoms with Crippen LogP contribution in [0.5, 0.6) is 0 Å². The van der Waals surface area contributed by atoms with Crippen LogP contribution < -0.4 is 10.6 Å². The third-order valence-corrected chi connectivity index (χ3v) is 4.25. The quantitative estimate of drug-likeness (QED) is 0.322. The molecular formula is C21H26IN5. The molecule has 0 aliphatic carbocycles. The molecule has 1 aromatic heterocycles. The van der Waals surface area contributed by atoms with Crippen molar-refractivity contribution in [2.24, 2.45) is 4.99 Å². The van der Waals surface area contributed by atoms with E-state index >= 15 is 0 Å². The van der Waals surface area contributed by atoms with E-state index in [1.807, 2.05) is 18.6 Å². The fourth-order valence-electron chi connectivity index (χ4n) is 2.84. The highest BCUT2D eigenvalue weighted by atomic mass is 127. The predicted octanol–water partition coefficient (Wildman–Crippen LogP) is 3.98. The Hall–Kier alpha value is -2.35. The Morgan fingerprint density at radius 3 is 2.59 bits per heavy atom. The number of hydrogen-bond donors (Lipinski definition) is 2. The molecule has 0 amide bonds. The van der Waals surface area contributed by atoms with Gasteiger partial charge in [0.1, 0.15) is 0 Å². The van der Waals surface area contributed by atoms with Crippen LogP contribution in [0, 0.1) is 0 Å². The standard InChI is InChI=1S/C21H25N5.HI/c1-17(20-9-4-3-5-10-20)25-21(22-2)24-14-18-7-6-8-19(13-18)15-26-12-11-23-16-26;/h3-13,16-17H,14-15H2,1-2H3,(H2,22,24,25);1H. The van der Waals surface area contributed by atoms with Gasteiger partial charge in [0.25, 0.3) is 0 Å². The molecule has 2 aromatic carbocycles. The second-order valence-electron chi connectivity index (χ2n) is 6.26. The number of nitrogens with zero attached hydrogens (tertiary/aromatic N) is 3. The lowest BCUT2D eigenvalue weighted by Crippen LogP contribution is -2.38. The van der Waals surface area contributed by atoms with Crippen LogP contribution in [0.3, 0.4) is 0 Å². The summed E-state index contributed by atoms with van der Waals surface area (Å²) < 4.78 is 2.06. The fraction of sp³-hybridized carbons (Fsp3) is 0.238. The molecule has 1 heterocycles. The van der Waals surface area contributed by atoms with E-state index in [1.54, 1.807) is 13.2 Å². The second kappa shape index (κ2) is 10.7. The Balaban J connectivity index is 0.00000261. The van der Waals surface area contributed by atoms with Gasteiger partial charge in [0, 0.05) is 32.5 Å². The van der Waals surface area contributed by atoms with Gasteiger partial charge in [-0.25, -0.2) is 4.98 Å². The minimum atomic E-state index is 0. The summed E-state index contributed by atoms with van der Waals surface area (Å²) >= 11 is 0. The summed E-state index contributed by atoms with van der Waals surface area (Å²) in [5, 5.41) is 6.82. The first-order valence-corrected chi connectivity index (χ1v) is 8.80. The minimum absolute atomic E-state index is 0. The van der Waals surface area contributed by atoms with Crippen molar-refractivity contribution in [3.05, 3.63) is 90.0 Å². The largest absolute Gasteiger partial charge is 0.352 e. The highest BCUT2D eigenvalue weighted by Crippen LogP contribution is 2.11. The molecule has 0 radical (unpaired) electrons. The van der Waals surface area contributed by atoms with Crippen LogP contribution in [0.1, 0.15) is 29.7 Å². The van der Waals surface area contributed by atoms with Crippen molar-refractivity contribution in [1.29, 1.82) is 0 Å². The predicted molar refractivity (Wildman–Crippen MR) is 121 cm³/mol. The van der Waals surface area contributed by atoms with Gasteiger partial charge in [-0.2, -0.15) is 0 Å². The highest BCUT2D eigenvalue weighted by Gasteiger charge is 2.07. The Kier molecular flexibility index (Phi) is 8.32. The maximum atomic E-state index is 4.33. The third kappa shape index (κ3) is 6.39. The number of aromatic nitrogens is 2. The number of benzene rings is 2. The molecule has 27 heavy (non-hydrogen) atoms. The van der Waals surface area contributed by atoms with Crippen LogP contribution >= 0.6 is 24.0 Å². The second-order valence-corrected chi connectivity index (χ2v) is 6.26. The average molecular weight is 475 g/mol. The van der Waals surface area contributed by atoms with Gasteiger partial charge in [-0.1, -0.05) is 54.6 Å². The van der Waals surface area contributed by atoms with Gasteiger partial charge < -0.3 is 15.2 Å². The molecule has 142 valence electrons. The molecule has 0 aliphatic heterocycles. The van der Waals surface area contributed by atoms with Gasteiger partial charge >= 0.3 is 0 Å². The zero-order chi connectivity index (χ0) is 18.2. The summed E-state index contributed by atoms with van der Waals surface area (Å²) in [7, 11) is 1.79. The van der Waals surface area contributed by atoms with Crippen molar-refractivity contribution in [3.8, 4) is 0 Å². The molecule has 0 saturated heterocycles. The molecule has 2 N–H and O–H groups in total. The summed E-state index contributed by atoms with van der Waals surface area (Å²) in [5.74, 6) is 0.793. The first kappa shape index (κ1) is 21.0. The number of imidazole rings is 1. The van der Waals surface area contributed by atoms with E-state index in [2.05, 4.69) is 80.6 Å². The summed E-state index contributed by atoms with van der Waals surface area (Å²) in [6.45, 7) is 3.68. The molecule has 0 fully saturated rings. The van der Waals surface area contributed by atoms with Crippen molar-refractivity contribution in [1.82, 2.24) is 20.2 Å². The maximum Gasteiger partial charge on any atom is 0.191 e. The Morgan fingerprint density at radius 2 is 1.89 bits per heavy atom. The van der Waals surface area contributed by atoms with Crippen LogP contribution in [-0.4, -0.2) is 22.6 Å². The van der Waals surface area contributed by atoms with E-state index in [0.717, 1.165) is 19.0 Å². The molecule has 0 aliphatic rings. The van der Waals surface area contributed by atoms with Crippen LogP contribution in [0.15, 0.2) is 78.3 Å². The Morgan fingerprint density at radius 1 is 1.11 bits per heavy atom. The summed E-state index contributed by atoms with van der Waals surface area (Å²) in [6, 6.07) is 19.1. The van der Waals surface area contributed by atoms with Crippen LogP contribution in [0.25, 0.3) is 0 Å². The number of hydrogen-bond acceptors (Lipinski definition) is 2. The summed E-state index contributed by atoms with van der Waals surface area (Å²) in [6.07, 6.45) is 5.61. The molecule has 3 rings (SSSR count). The number of rotatable bonds is 6. The Labute approximate surface area is 178 Å². The third-order valence-electron chi connectivity index (χ3n) is 4.25. The van der Waals surface area contributed by atoms with E-state index in [9.17, 15) is 0 Å². The number of guanidine groups is 1. The number of nitrogens with one attached hydrogen (secondary N) is 2. The molecule has 0 spiro atoms. The molecule has 6 heteroatoms. The van der Waals surface area contributed by atoms with E-state index < -0.39 is 0 Å². The summed E-state index contributed by atoms with van der Waals surface area (Å²) in [4.78, 5) is 8.42. The first-order valence-electron chi connectivity index (χ1n) is 8.80. The SMILES string of the molecule is CN=C(NCc1cccc(Cn2ccnc2)c1)NC(C)c1ccccc1.I. The zero-order valence-electron chi connectivity index (χ0n) is 15.7. The Bertz CT molecular complexity index is 831. The van der Waals surface area contributed by atoms with E-state index in [0.29, 0.717) is 0 Å². The van der Waals surface area contributed by atoms with Crippen molar-refractivity contribution in [2.75, 3.05) is 7.05 Å². The van der Waals surface area contributed by atoms with Gasteiger partial charge in [-0.05, 0) is 23.6 Å². The van der Waals surface area contributed by atoms with Crippen LogP contribution in [0.4, 0.5) is 0 Å². The number of halogens is 1. The molecule has 0 bridgehead atoms. The van der Waals surface area contributed by atoms with Gasteiger partial charge in [0.2, 0.25) is 0 Å². The molecule has 3 aromatic rings. The first-order chi connectivity index (χ1) is 12.7. The van der Waals surface area contributed by atoms with E-state index in [1.165, 1.54) is 16.7 Å². The van der Waals surface area contributed by atoms with Gasteiger partial charge in [-0.15, -0.1) is 24.0 Å². The lowest BCUT2D eigenvalue weighted by Gasteiger charge is -2.18. The van der Waals surface area contributed by atoms with Crippen molar-refractivity contribution < 1.29 is 0 Å². The van der Waals surface area contributed by atoms with Crippen molar-refractivity contribution in [3.63, 3.8) is 0 Å². The van der Waals surface area contributed by atoms with E-state index in [4.69, 9.17) is 0 Å². The average Bonchev–Trinajstić information content (AvgIpc) is 3.19. The highest BCUT2D eigenvalue weighted by molar-refractivity contribution is 14.0. The van der Waals surface area contributed by atoms with Crippen molar-refractivity contribution >= 4 is 29.9 Å². The molecule has 1 atom stereocenters. The summed E-state index contributed by atoms with van der Waals surface area (Å²) in [5.41, 5.74) is 3.71. The lowest BCUT2D eigenvalue weighted by atomic mass is 10.1. The molecule has 0 saturated carbocycles. The normalized spacial score (nSPS) is 12.1. The zero-order valence-corrected chi connectivity index (χ0v) is 18.0. The van der Waals surface area contributed by atoms with Crippen LogP contribution in [0.2, 0.25) is 0 Å².